The van der Waals surface area contributed by atoms with Crippen LogP contribution in [-0.4, -0.2) is 19.5 Å². The Morgan fingerprint density at radius 2 is 1.39 bits per heavy atom. The molecule has 7 heteroatoms. The molecule has 2 aromatic carbocycles. The third-order valence-corrected chi connectivity index (χ3v) is 5.43. The van der Waals surface area contributed by atoms with Crippen LogP contribution in [0.1, 0.15) is 21.5 Å². The summed E-state index contributed by atoms with van der Waals surface area (Å²) in [6.07, 6.45) is 3.57. The summed E-state index contributed by atoms with van der Waals surface area (Å²) >= 11 is 0. The number of aromatic nitrogens is 3. The molecule has 7 nitrogen and oxygen atoms in total. The molecule has 1 aromatic heterocycles. The molecule has 156 valence electrons. The Hall–Kier alpha value is -4.00. The molecule has 3 aromatic rings. The molecule has 0 bridgehead atoms. The fourth-order valence-electron chi connectivity index (χ4n) is 3.92. The third-order valence-electron chi connectivity index (χ3n) is 5.43. The van der Waals surface area contributed by atoms with Gasteiger partial charge in [-0.1, -0.05) is 48.6 Å². The van der Waals surface area contributed by atoms with Crippen molar-refractivity contribution >= 4 is 5.78 Å². The lowest BCUT2D eigenvalue weighted by molar-refractivity contribution is 0.0966. The Morgan fingerprint density at radius 1 is 0.806 bits per heavy atom. The molecule has 0 spiro atoms. The van der Waals surface area contributed by atoms with Gasteiger partial charge in [0.15, 0.2) is 5.78 Å². The largest absolute Gasteiger partial charge is 0.337 e. The molecule has 1 aliphatic rings. The summed E-state index contributed by atoms with van der Waals surface area (Å²) < 4.78 is 2.55. The molecule has 0 amide bonds. The zero-order valence-electron chi connectivity index (χ0n) is 16.9. The predicted octanol–water partition coefficient (Wildman–Crippen LogP) is 2.00. The van der Waals surface area contributed by atoms with Crippen molar-refractivity contribution in [3.05, 3.63) is 116 Å². The monoisotopic (exact) mass is 415 g/mol. The van der Waals surface area contributed by atoms with E-state index in [9.17, 15) is 19.2 Å². The van der Waals surface area contributed by atoms with Crippen molar-refractivity contribution in [3.63, 3.8) is 0 Å². The van der Waals surface area contributed by atoms with E-state index in [0.717, 1.165) is 36.8 Å². The number of ketones is 1. The number of carbonyl (C=O) groups is 1. The van der Waals surface area contributed by atoms with Crippen LogP contribution in [-0.2, 0) is 26.1 Å². The van der Waals surface area contributed by atoms with Gasteiger partial charge in [-0.15, -0.1) is 13.2 Å². The number of carbonyl (C=O) groups excluding carboxylic acids is 1. The molecule has 0 fully saturated rings. The van der Waals surface area contributed by atoms with Gasteiger partial charge in [-0.2, -0.15) is 0 Å². The first kappa shape index (κ1) is 20.3. The van der Waals surface area contributed by atoms with Gasteiger partial charge in [0.1, 0.15) is 0 Å². The topological polar surface area (TPSA) is 83.1 Å². The summed E-state index contributed by atoms with van der Waals surface area (Å²) in [5.41, 5.74) is 2.35. The second-order valence-corrected chi connectivity index (χ2v) is 7.36. The van der Waals surface area contributed by atoms with Gasteiger partial charge in [0.25, 0.3) is 0 Å². The van der Waals surface area contributed by atoms with Crippen molar-refractivity contribution in [1.29, 1.82) is 0 Å². The highest BCUT2D eigenvalue weighted by Crippen LogP contribution is 2.36. The van der Waals surface area contributed by atoms with Crippen LogP contribution in [0, 0.1) is 0 Å². The van der Waals surface area contributed by atoms with Gasteiger partial charge in [0, 0.05) is 5.56 Å². The molecule has 0 atom stereocenters. The normalized spacial score (nSPS) is 11.6. The van der Waals surface area contributed by atoms with E-state index in [1.165, 1.54) is 17.7 Å². The second kappa shape index (κ2) is 8.02. The number of Topliss-reactive ketones (excluding diaryl/α,β-unsaturated/α-hetero) is 1. The van der Waals surface area contributed by atoms with Crippen molar-refractivity contribution in [3.8, 4) is 11.1 Å². The van der Waals surface area contributed by atoms with E-state index in [1.54, 1.807) is 12.1 Å². The number of rotatable bonds is 7. The molecule has 1 heterocycles. The van der Waals surface area contributed by atoms with E-state index in [-0.39, 0.29) is 18.9 Å². The van der Waals surface area contributed by atoms with Gasteiger partial charge < -0.3 is 0 Å². The number of allylic oxidation sites excluding steroid dienone is 2. The highest BCUT2D eigenvalue weighted by atomic mass is 16.2. The Labute approximate surface area is 177 Å². The molecule has 0 radical (unpaired) electrons. The molecular weight excluding hydrogens is 394 g/mol. The Kier molecular flexibility index (Phi) is 5.25. The number of hydrogen-bond acceptors (Lipinski definition) is 4. The third kappa shape index (κ3) is 3.44. The summed E-state index contributed by atoms with van der Waals surface area (Å²) in [6, 6.07) is 13.4. The molecular formula is C24H21N3O4. The zero-order chi connectivity index (χ0) is 22.1. The van der Waals surface area contributed by atoms with E-state index in [1.807, 2.05) is 24.3 Å². The Balaban J connectivity index is 1.76. The first-order valence-corrected chi connectivity index (χ1v) is 9.87. The minimum absolute atomic E-state index is 0.0705. The first-order valence-electron chi connectivity index (χ1n) is 9.87. The molecule has 0 N–H and O–H groups in total. The lowest BCUT2D eigenvalue weighted by atomic mass is 10.0. The molecule has 4 rings (SSSR count). The quantitative estimate of drug-likeness (QED) is 0.341. The SMILES string of the molecule is C=CCn1c(=O)n(CC=C)c(=O)n(CC(=O)c2ccc3c(c2)-c2ccccc2C3)c1=O. The summed E-state index contributed by atoms with van der Waals surface area (Å²) in [5, 5.41) is 0. The van der Waals surface area contributed by atoms with Gasteiger partial charge in [0.05, 0.1) is 19.6 Å². The minimum atomic E-state index is -0.838. The summed E-state index contributed by atoms with van der Waals surface area (Å²) in [6.45, 7) is 6.48. The van der Waals surface area contributed by atoms with Crippen LogP contribution in [0.4, 0.5) is 0 Å². The fourth-order valence-corrected chi connectivity index (χ4v) is 3.92. The Bertz CT molecular complexity index is 1360. The van der Waals surface area contributed by atoms with Crippen LogP contribution in [0.3, 0.4) is 0 Å². The van der Waals surface area contributed by atoms with E-state index < -0.39 is 23.6 Å². The highest BCUT2D eigenvalue weighted by Gasteiger charge is 2.21. The standard InChI is InChI=1S/C24H21N3O4/c1-3-11-25-22(29)26(12-4-2)24(31)27(23(25)30)15-21(28)18-10-9-17-13-16-7-5-6-8-19(16)20(17)14-18/h3-10,14H,1-2,11-13,15H2. The zero-order valence-corrected chi connectivity index (χ0v) is 16.9. The van der Waals surface area contributed by atoms with Crippen molar-refractivity contribution in [1.82, 2.24) is 13.7 Å². The van der Waals surface area contributed by atoms with Crippen molar-refractivity contribution in [2.45, 2.75) is 26.1 Å². The first-order chi connectivity index (χ1) is 15.0. The van der Waals surface area contributed by atoms with Crippen LogP contribution in [0.25, 0.3) is 11.1 Å². The van der Waals surface area contributed by atoms with Gasteiger partial charge in [-0.3, -0.25) is 4.79 Å². The summed E-state index contributed by atoms with van der Waals surface area (Å²) in [7, 11) is 0. The van der Waals surface area contributed by atoms with Crippen molar-refractivity contribution < 1.29 is 4.79 Å². The van der Waals surface area contributed by atoms with E-state index >= 15 is 0 Å². The molecule has 31 heavy (non-hydrogen) atoms. The fraction of sp³-hybridized carbons (Fsp3) is 0.167. The molecule has 0 saturated heterocycles. The predicted molar refractivity (Wildman–Crippen MR) is 119 cm³/mol. The molecule has 0 aliphatic heterocycles. The lowest BCUT2D eigenvalue weighted by Crippen LogP contribution is -2.55. The van der Waals surface area contributed by atoms with Crippen LogP contribution in [0.5, 0.6) is 0 Å². The van der Waals surface area contributed by atoms with Crippen molar-refractivity contribution in [2.24, 2.45) is 0 Å². The maximum atomic E-state index is 13.0. The number of benzene rings is 2. The molecule has 0 unspecified atom stereocenters. The smallest absolute Gasteiger partial charge is 0.292 e. The maximum Gasteiger partial charge on any atom is 0.337 e. The van der Waals surface area contributed by atoms with Crippen LogP contribution >= 0.6 is 0 Å². The highest BCUT2D eigenvalue weighted by molar-refractivity contribution is 5.98. The van der Waals surface area contributed by atoms with Gasteiger partial charge >= 0.3 is 17.1 Å². The van der Waals surface area contributed by atoms with E-state index in [0.29, 0.717) is 5.56 Å². The van der Waals surface area contributed by atoms with Gasteiger partial charge in [-0.05, 0) is 34.7 Å². The maximum absolute atomic E-state index is 13.0. The molecule has 1 aliphatic carbocycles. The van der Waals surface area contributed by atoms with Crippen molar-refractivity contribution in [2.75, 3.05) is 0 Å². The number of hydrogen-bond donors (Lipinski definition) is 0. The summed E-state index contributed by atoms with van der Waals surface area (Å²) in [4.78, 5) is 51.0. The van der Waals surface area contributed by atoms with E-state index in [4.69, 9.17) is 0 Å². The average molecular weight is 415 g/mol. The molecule has 0 saturated carbocycles. The van der Waals surface area contributed by atoms with Crippen LogP contribution in [0.2, 0.25) is 0 Å². The Morgan fingerprint density at radius 3 is 2.03 bits per heavy atom. The lowest BCUT2D eigenvalue weighted by Gasteiger charge is -2.12. The van der Waals surface area contributed by atoms with Gasteiger partial charge in [-0.25, -0.2) is 28.1 Å². The number of fused-ring (bicyclic) bond motifs is 3. The van der Waals surface area contributed by atoms with Crippen LogP contribution in [0.15, 0.2) is 82.2 Å². The summed E-state index contributed by atoms with van der Waals surface area (Å²) in [5.74, 6) is -0.389. The van der Waals surface area contributed by atoms with Gasteiger partial charge in [0.2, 0.25) is 0 Å². The van der Waals surface area contributed by atoms with E-state index in [2.05, 4.69) is 19.2 Å². The number of nitrogens with zero attached hydrogens (tertiary/aromatic N) is 3. The second-order valence-electron chi connectivity index (χ2n) is 7.36. The average Bonchev–Trinajstić information content (AvgIpc) is 3.15. The van der Waals surface area contributed by atoms with Crippen LogP contribution < -0.4 is 17.1 Å². The minimum Gasteiger partial charge on any atom is -0.292 e.